The minimum absolute atomic E-state index is 0.0353. The van der Waals surface area contributed by atoms with Crippen LogP contribution in [0.3, 0.4) is 0 Å². The van der Waals surface area contributed by atoms with Gasteiger partial charge in [-0.2, -0.15) is 0 Å². The molecule has 0 aliphatic carbocycles. The zero-order valence-electron chi connectivity index (χ0n) is 17.1. The summed E-state index contributed by atoms with van der Waals surface area (Å²) >= 11 is 0. The summed E-state index contributed by atoms with van der Waals surface area (Å²) in [5.74, 6) is 0.0383. The van der Waals surface area contributed by atoms with Crippen molar-refractivity contribution in [3.63, 3.8) is 0 Å². The first-order chi connectivity index (χ1) is 14.5. The molecule has 0 bridgehead atoms. The fourth-order valence-corrected chi connectivity index (χ4v) is 3.28. The van der Waals surface area contributed by atoms with E-state index in [-0.39, 0.29) is 24.0 Å². The second-order valence-electron chi connectivity index (χ2n) is 7.17. The van der Waals surface area contributed by atoms with Gasteiger partial charge < -0.3 is 20.3 Å². The molecule has 2 amide bonds. The summed E-state index contributed by atoms with van der Waals surface area (Å²) < 4.78 is 18.7. The van der Waals surface area contributed by atoms with Gasteiger partial charge in [0.05, 0.1) is 19.3 Å². The molecule has 160 valence electrons. The van der Waals surface area contributed by atoms with Crippen molar-refractivity contribution in [2.24, 2.45) is 0 Å². The molecule has 1 heterocycles. The van der Waals surface area contributed by atoms with Crippen LogP contribution in [0.25, 0.3) is 0 Å². The number of nitrogens with zero attached hydrogens (tertiary/aromatic N) is 2. The highest BCUT2D eigenvalue weighted by Crippen LogP contribution is 2.15. The highest BCUT2D eigenvalue weighted by molar-refractivity contribution is 5.92. The first kappa shape index (κ1) is 21.7. The average Bonchev–Trinajstić information content (AvgIpc) is 2.75. The van der Waals surface area contributed by atoms with Crippen molar-refractivity contribution in [2.75, 3.05) is 57.0 Å². The number of hydrogen-bond donors (Lipinski definition) is 2. The predicted octanol–water partition coefficient (Wildman–Crippen LogP) is 2.42. The van der Waals surface area contributed by atoms with Gasteiger partial charge >= 0.3 is 0 Å². The molecule has 0 aromatic heterocycles. The van der Waals surface area contributed by atoms with Gasteiger partial charge in [0.2, 0.25) is 11.8 Å². The van der Waals surface area contributed by atoms with Gasteiger partial charge in [0.25, 0.3) is 0 Å². The smallest absolute Gasteiger partial charge is 0.238 e. The minimum atomic E-state index is -0.441. The van der Waals surface area contributed by atoms with Crippen LogP contribution in [0.2, 0.25) is 0 Å². The van der Waals surface area contributed by atoms with Crippen molar-refractivity contribution in [1.29, 1.82) is 0 Å². The number of nitrogens with one attached hydrogen (secondary N) is 2. The second-order valence-corrected chi connectivity index (χ2v) is 7.17. The zero-order valence-corrected chi connectivity index (χ0v) is 17.1. The van der Waals surface area contributed by atoms with Crippen LogP contribution in [0.5, 0.6) is 5.75 Å². The van der Waals surface area contributed by atoms with Crippen LogP contribution in [-0.4, -0.2) is 68.0 Å². The lowest BCUT2D eigenvalue weighted by Crippen LogP contribution is -2.49. The van der Waals surface area contributed by atoms with Crippen LogP contribution in [-0.2, 0) is 9.59 Å². The van der Waals surface area contributed by atoms with Gasteiger partial charge in [-0.3, -0.25) is 14.5 Å². The molecule has 0 radical (unpaired) electrons. The first-order valence-corrected chi connectivity index (χ1v) is 9.96. The number of ether oxygens (including phenoxy) is 1. The number of amides is 2. The molecule has 2 aromatic carbocycles. The summed E-state index contributed by atoms with van der Waals surface area (Å²) in [6.07, 6.45) is 0.403. The molecule has 1 fully saturated rings. The molecule has 30 heavy (non-hydrogen) atoms. The number of benzene rings is 2. The van der Waals surface area contributed by atoms with Gasteiger partial charge in [0.1, 0.15) is 11.6 Å². The van der Waals surface area contributed by atoms with Gasteiger partial charge in [-0.25, -0.2) is 4.39 Å². The van der Waals surface area contributed by atoms with E-state index in [2.05, 4.69) is 15.5 Å². The molecule has 3 rings (SSSR count). The number of methoxy groups -OCH3 is 1. The van der Waals surface area contributed by atoms with E-state index in [0.717, 1.165) is 37.6 Å². The Balaban J connectivity index is 1.34. The van der Waals surface area contributed by atoms with Crippen LogP contribution >= 0.6 is 0 Å². The maximum atomic E-state index is 13.6. The third-order valence-corrected chi connectivity index (χ3v) is 5.01. The normalized spacial score (nSPS) is 14.9. The quantitative estimate of drug-likeness (QED) is 0.694. The summed E-state index contributed by atoms with van der Waals surface area (Å²) in [6, 6.07) is 13.4. The Hall–Kier alpha value is -2.97. The fourth-order valence-electron chi connectivity index (χ4n) is 3.28. The highest BCUT2D eigenvalue weighted by atomic mass is 19.1. The Kier molecular flexibility index (Phi) is 7.75. The van der Waals surface area contributed by atoms with Crippen LogP contribution in [0.15, 0.2) is 48.5 Å². The van der Waals surface area contributed by atoms with Crippen molar-refractivity contribution in [1.82, 2.24) is 9.80 Å². The molecular weight excluding hydrogens is 387 g/mol. The monoisotopic (exact) mass is 414 g/mol. The van der Waals surface area contributed by atoms with Crippen LogP contribution in [0.1, 0.15) is 6.42 Å². The zero-order chi connectivity index (χ0) is 21.3. The van der Waals surface area contributed by atoms with E-state index in [9.17, 15) is 14.0 Å². The summed E-state index contributed by atoms with van der Waals surface area (Å²) in [5.41, 5.74) is 0.940. The minimum Gasteiger partial charge on any atom is -0.497 e. The first-order valence-electron chi connectivity index (χ1n) is 9.96. The molecule has 8 heteroatoms. The van der Waals surface area contributed by atoms with Crippen LogP contribution < -0.4 is 15.4 Å². The van der Waals surface area contributed by atoms with Crippen molar-refractivity contribution in [3.8, 4) is 5.75 Å². The molecule has 0 saturated carbocycles. The predicted molar refractivity (Wildman–Crippen MR) is 114 cm³/mol. The number of para-hydroxylation sites is 1. The van der Waals surface area contributed by atoms with E-state index in [1.54, 1.807) is 37.4 Å². The standard InChI is InChI=1S/C22H27FN4O3/c1-30-18-8-6-17(7-9-18)24-21(28)10-11-26-12-14-27(15-13-26)16-22(29)25-20-5-3-2-4-19(20)23/h2-9H,10-16H2,1H3,(H,24,28)(H,25,29). The maximum Gasteiger partial charge on any atom is 0.238 e. The molecule has 0 unspecified atom stereocenters. The number of rotatable bonds is 8. The molecule has 2 aromatic rings. The largest absolute Gasteiger partial charge is 0.497 e. The molecule has 2 N–H and O–H groups in total. The van der Waals surface area contributed by atoms with Gasteiger partial charge in [-0.15, -0.1) is 0 Å². The van der Waals surface area contributed by atoms with Crippen molar-refractivity contribution in [3.05, 3.63) is 54.3 Å². The Labute approximate surface area is 175 Å². The number of hydrogen-bond acceptors (Lipinski definition) is 5. The number of halogens is 1. The molecule has 1 aliphatic rings. The van der Waals surface area contributed by atoms with Crippen molar-refractivity contribution >= 4 is 23.2 Å². The summed E-state index contributed by atoms with van der Waals surface area (Å²) in [6.45, 7) is 3.90. The Morgan fingerprint density at radius 1 is 0.933 bits per heavy atom. The number of carbonyl (C=O) groups excluding carboxylic acids is 2. The average molecular weight is 414 g/mol. The lowest BCUT2D eigenvalue weighted by molar-refractivity contribution is -0.117. The van der Waals surface area contributed by atoms with Crippen LogP contribution in [0, 0.1) is 5.82 Å². The van der Waals surface area contributed by atoms with Crippen LogP contribution in [0.4, 0.5) is 15.8 Å². The second kappa shape index (κ2) is 10.7. The lowest BCUT2D eigenvalue weighted by atomic mass is 10.2. The molecular formula is C22H27FN4O3. The van der Waals surface area contributed by atoms with E-state index in [1.807, 2.05) is 17.0 Å². The fraction of sp³-hybridized carbons (Fsp3) is 0.364. The topological polar surface area (TPSA) is 73.9 Å². The molecule has 7 nitrogen and oxygen atoms in total. The third-order valence-electron chi connectivity index (χ3n) is 5.01. The molecule has 1 aliphatic heterocycles. The summed E-state index contributed by atoms with van der Waals surface area (Å²) in [5, 5.41) is 5.49. The van der Waals surface area contributed by atoms with Gasteiger partial charge in [-0.1, -0.05) is 12.1 Å². The SMILES string of the molecule is COc1ccc(NC(=O)CCN2CCN(CC(=O)Nc3ccccc3F)CC2)cc1. The Morgan fingerprint density at radius 2 is 1.60 bits per heavy atom. The number of piperazine rings is 1. The van der Waals surface area contributed by atoms with E-state index >= 15 is 0 Å². The van der Waals surface area contributed by atoms with E-state index in [0.29, 0.717) is 13.0 Å². The summed E-state index contributed by atoms with van der Waals surface area (Å²) in [7, 11) is 1.60. The molecule has 1 saturated heterocycles. The Morgan fingerprint density at radius 3 is 2.27 bits per heavy atom. The molecule has 0 spiro atoms. The van der Waals surface area contributed by atoms with Crippen molar-refractivity contribution in [2.45, 2.75) is 6.42 Å². The highest BCUT2D eigenvalue weighted by Gasteiger charge is 2.20. The maximum absolute atomic E-state index is 13.6. The van der Waals surface area contributed by atoms with Gasteiger partial charge in [0.15, 0.2) is 0 Å². The number of anilines is 2. The number of carbonyl (C=O) groups is 2. The van der Waals surface area contributed by atoms with E-state index < -0.39 is 5.82 Å². The lowest BCUT2D eigenvalue weighted by Gasteiger charge is -2.34. The molecule has 0 atom stereocenters. The van der Waals surface area contributed by atoms with Gasteiger partial charge in [-0.05, 0) is 36.4 Å². The third kappa shape index (κ3) is 6.53. The van der Waals surface area contributed by atoms with Crippen molar-refractivity contribution < 1.29 is 18.7 Å². The summed E-state index contributed by atoms with van der Waals surface area (Å²) in [4.78, 5) is 28.5. The van der Waals surface area contributed by atoms with E-state index in [4.69, 9.17) is 4.74 Å². The van der Waals surface area contributed by atoms with E-state index in [1.165, 1.54) is 6.07 Å². The van der Waals surface area contributed by atoms with Gasteiger partial charge in [0, 0.05) is 44.8 Å². The Bertz CT molecular complexity index is 852.